The molecule has 1 saturated carbocycles. The molecule has 1 fully saturated rings. The summed E-state index contributed by atoms with van der Waals surface area (Å²) in [4.78, 5) is 23.0. The van der Waals surface area contributed by atoms with E-state index < -0.39 is 29.0 Å². The molecule has 0 unspecified atom stereocenters. The van der Waals surface area contributed by atoms with Crippen LogP contribution in [0.4, 0.5) is 8.78 Å². The first-order valence-electron chi connectivity index (χ1n) is 7.02. The van der Waals surface area contributed by atoms with Gasteiger partial charge in [0.25, 0.3) is 5.91 Å². The Kier molecular flexibility index (Phi) is 3.63. The van der Waals surface area contributed by atoms with Crippen LogP contribution in [0, 0.1) is 11.6 Å². The first-order chi connectivity index (χ1) is 10.9. The molecule has 0 radical (unpaired) electrons. The van der Waals surface area contributed by atoms with Crippen molar-refractivity contribution in [2.75, 3.05) is 0 Å². The maximum absolute atomic E-state index is 14.0. The molecule has 1 aromatic heterocycles. The van der Waals surface area contributed by atoms with Crippen molar-refractivity contribution in [3.05, 3.63) is 59.1 Å². The highest BCUT2D eigenvalue weighted by Gasteiger charge is 2.42. The minimum Gasteiger partial charge on any atom is -0.475 e. The molecule has 0 saturated heterocycles. The molecule has 23 heavy (non-hydrogen) atoms. The standard InChI is InChI=1S/C16H13F2NO4/c17-9-2-3-10(11(18)8-9)16(6-1-7-16)19-14(20)12-4-5-13(23-12)15(21)22/h2-5,8H,1,6-7H2,(H,19,20)(H,21,22). The molecule has 1 amide bonds. The van der Waals surface area contributed by atoms with Gasteiger partial charge in [-0.05, 0) is 37.5 Å². The molecule has 2 N–H and O–H groups in total. The van der Waals surface area contributed by atoms with Gasteiger partial charge in [-0.2, -0.15) is 0 Å². The van der Waals surface area contributed by atoms with Crippen LogP contribution in [0.2, 0.25) is 0 Å². The van der Waals surface area contributed by atoms with Crippen molar-refractivity contribution >= 4 is 11.9 Å². The number of hydrogen-bond donors (Lipinski definition) is 2. The number of aromatic carboxylic acids is 1. The molecule has 0 spiro atoms. The lowest BCUT2D eigenvalue weighted by atomic mass is 9.71. The fourth-order valence-electron chi connectivity index (χ4n) is 2.72. The fourth-order valence-corrected chi connectivity index (χ4v) is 2.72. The van der Waals surface area contributed by atoms with E-state index in [1.807, 2.05) is 0 Å². The van der Waals surface area contributed by atoms with Gasteiger partial charge in [0.15, 0.2) is 5.76 Å². The third-order valence-corrected chi connectivity index (χ3v) is 4.05. The van der Waals surface area contributed by atoms with E-state index in [0.29, 0.717) is 12.8 Å². The summed E-state index contributed by atoms with van der Waals surface area (Å²) in [6.45, 7) is 0. The van der Waals surface area contributed by atoms with Gasteiger partial charge in [-0.1, -0.05) is 6.07 Å². The van der Waals surface area contributed by atoms with E-state index in [4.69, 9.17) is 9.52 Å². The molecule has 1 heterocycles. The normalized spacial score (nSPS) is 15.7. The van der Waals surface area contributed by atoms with Crippen LogP contribution in [-0.2, 0) is 5.54 Å². The Hall–Kier alpha value is -2.70. The average Bonchev–Trinajstić information content (AvgIpc) is 2.93. The number of carboxylic acids is 1. The van der Waals surface area contributed by atoms with E-state index in [-0.39, 0.29) is 17.1 Å². The number of furan rings is 1. The summed E-state index contributed by atoms with van der Waals surface area (Å²) in [5.74, 6) is -3.87. The quantitative estimate of drug-likeness (QED) is 0.907. The Morgan fingerprint density at radius 1 is 1.13 bits per heavy atom. The van der Waals surface area contributed by atoms with Gasteiger partial charge >= 0.3 is 5.97 Å². The van der Waals surface area contributed by atoms with E-state index in [1.165, 1.54) is 18.2 Å². The second kappa shape index (κ2) is 5.49. The lowest BCUT2D eigenvalue weighted by Crippen LogP contribution is -2.51. The SMILES string of the molecule is O=C(O)c1ccc(C(=O)NC2(c3ccc(F)cc3F)CCC2)o1. The topological polar surface area (TPSA) is 79.5 Å². The summed E-state index contributed by atoms with van der Waals surface area (Å²) in [6, 6.07) is 5.64. The van der Waals surface area contributed by atoms with Crippen molar-refractivity contribution in [2.45, 2.75) is 24.8 Å². The number of carboxylic acid groups (broad SMARTS) is 1. The predicted molar refractivity (Wildman–Crippen MR) is 75.0 cm³/mol. The van der Waals surface area contributed by atoms with Crippen LogP contribution in [0.15, 0.2) is 34.7 Å². The van der Waals surface area contributed by atoms with Gasteiger partial charge in [0.05, 0.1) is 5.54 Å². The minimum atomic E-state index is -1.29. The summed E-state index contributed by atoms with van der Waals surface area (Å²) in [5.41, 5.74) is -0.714. The molecule has 3 rings (SSSR count). The summed E-state index contributed by atoms with van der Waals surface area (Å²) in [7, 11) is 0. The van der Waals surface area contributed by atoms with Crippen LogP contribution < -0.4 is 5.32 Å². The second-order valence-corrected chi connectivity index (χ2v) is 5.48. The van der Waals surface area contributed by atoms with E-state index in [9.17, 15) is 18.4 Å². The zero-order valence-corrected chi connectivity index (χ0v) is 11.9. The van der Waals surface area contributed by atoms with Crippen LogP contribution in [0.3, 0.4) is 0 Å². The Morgan fingerprint density at radius 2 is 1.83 bits per heavy atom. The molecule has 0 aliphatic heterocycles. The molecule has 0 atom stereocenters. The van der Waals surface area contributed by atoms with Crippen molar-refractivity contribution < 1.29 is 27.9 Å². The number of nitrogens with one attached hydrogen (secondary N) is 1. The number of carbonyl (C=O) groups is 2. The Morgan fingerprint density at radius 3 is 2.35 bits per heavy atom. The number of amides is 1. The monoisotopic (exact) mass is 321 g/mol. The predicted octanol–water partition coefficient (Wildman–Crippen LogP) is 3.07. The van der Waals surface area contributed by atoms with Gasteiger partial charge in [0.1, 0.15) is 11.6 Å². The summed E-state index contributed by atoms with van der Waals surface area (Å²) in [6.07, 6.45) is 1.80. The van der Waals surface area contributed by atoms with Crippen molar-refractivity contribution in [1.29, 1.82) is 0 Å². The van der Waals surface area contributed by atoms with Crippen LogP contribution in [0.5, 0.6) is 0 Å². The van der Waals surface area contributed by atoms with E-state index in [1.54, 1.807) is 0 Å². The minimum absolute atomic E-state index is 0.170. The maximum atomic E-state index is 14.0. The average molecular weight is 321 g/mol. The fraction of sp³-hybridized carbons (Fsp3) is 0.250. The van der Waals surface area contributed by atoms with Crippen molar-refractivity contribution in [3.63, 3.8) is 0 Å². The van der Waals surface area contributed by atoms with Gasteiger partial charge in [0.2, 0.25) is 5.76 Å². The van der Waals surface area contributed by atoms with Gasteiger partial charge in [-0.3, -0.25) is 4.79 Å². The van der Waals surface area contributed by atoms with Crippen LogP contribution >= 0.6 is 0 Å². The summed E-state index contributed by atoms with van der Waals surface area (Å²) < 4.78 is 32.0. The molecule has 1 aliphatic rings. The Labute approximate surface area is 129 Å². The highest BCUT2D eigenvalue weighted by molar-refractivity contribution is 5.94. The zero-order valence-electron chi connectivity index (χ0n) is 11.9. The zero-order chi connectivity index (χ0) is 16.6. The highest BCUT2D eigenvalue weighted by atomic mass is 19.1. The molecule has 0 bridgehead atoms. The molecule has 5 nitrogen and oxygen atoms in total. The molecular formula is C16H13F2NO4. The molecule has 2 aromatic rings. The van der Waals surface area contributed by atoms with E-state index in [2.05, 4.69) is 5.32 Å². The largest absolute Gasteiger partial charge is 0.475 e. The number of benzene rings is 1. The van der Waals surface area contributed by atoms with Crippen LogP contribution in [0.1, 0.15) is 45.9 Å². The number of hydrogen-bond acceptors (Lipinski definition) is 3. The second-order valence-electron chi connectivity index (χ2n) is 5.48. The van der Waals surface area contributed by atoms with E-state index in [0.717, 1.165) is 18.6 Å². The van der Waals surface area contributed by atoms with Crippen molar-refractivity contribution in [3.8, 4) is 0 Å². The molecular weight excluding hydrogens is 308 g/mol. The van der Waals surface area contributed by atoms with Gasteiger partial charge in [-0.25, -0.2) is 13.6 Å². The van der Waals surface area contributed by atoms with Gasteiger partial charge < -0.3 is 14.8 Å². The molecule has 1 aromatic carbocycles. The lowest BCUT2D eigenvalue weighted by Gasteiger charge is -2.43. The third-order valence-electron chi connectivity index (χ3n) is 4.05. The van der Waals surface area contributed by atoms with Crippen molar-refractivity contribution in [2.24, 2.45) is 0 Å². The number of carbonyl (C=O) groups excluding carboxylic acids is 1. The highest BCUT2D eigenvalue weighted by Crippen LogP contribution is 2.42. The van der Waals surface area contributed by atoms with Gasteiger partial charge in [0, 0.05) is 11.6 Å². The smallest absolute Gasteiger partial charge is 0.371 e. The number of rotatable bonds is 4. The third kappa shape index (κ3) is 2.69. The van der Waals surface area contributed by atoms with Crippen LogP contribution in [-0.4, -0.2) is 17.0 Å². The molecule has 7 heteroatoms. The first-order valence-corrected chi connectivity index (χ1v) is 7.02. The van der Waals surface area contributed by atoms with E-state index >= 15 is 0 Å². The first kappa shape index (κ1) is 15.2. The van der Waals surface area contributed by atoms with Gasteiger partial charge in [-0.15, -0.1) is 0 Å². The van der Waals surface area contributed by atoms with Crippen molar-refractivity contribution in [1.82, 2.24) is 5.32 Å². The summed E-state index contributed by atoms with van der Waals surface area (Å²) in [5, 5.41) is 11.5. The number of halogens is 2. The summed E-state index contributed by atoms with van der Waals surface area (Å²) >= 11 is 0. The maximum Gasteiger partial charge on any atom is 0.371 e. The molecule has 1 aliphatic carbocycles. The Bertz CT molecular complexity index is 780. The van der Waals surface area contributed by atoms with Crippen LogP contribution in [0.25, 0.3) is 0 Å². The Balaban J connectivity index is 1.86. The molecule has 120 valence electrons. The lowest BCUT2D eigenvalue weighted by molar-refractivity contribution is 0.0656.